The van der Waals surface area contributed by atoms with Gasteiger partial charge in [-0.15, -0.1) is 0 Å². The summed E-state index contributed by atoms with van der Waals surface area (Å²) in [5, 5.41) is 5.85. The van der Waals surface area contributed by atoms with Crippen LogP contribution in [0, 0.1) is 0 Å². The van der Waals surface area contributed by atoms with Crippen LogP contribution >= 0.6 is 0 Å². The third kappa shape index (κ3) is 10.9. The minimum atomic E-state index is -0.116. The summed E-state index contributed by atoms with van der Waals surface area (Å²) in [5.74, 6) is 0. The first-order valence-electron chi connectivity index (χ1n) is 8.94. The van der Waals surface area contributed by atoms with Gasteiger partial charge in [0.05, 0.1) is 13.2 Å². The Bertz CT molecular complexity index is 263. The zero-order chi connectivity index (χ0) is 15.9. The average Bonchev–Trinajstić information content (AvgIpc) is 2.50. The number of urea groups is 1. The molecule has 0 bridgehead atoms. The first kappa shape index (κ1) is 19.2. The highest BCUT2D eigenvalue weighted by atomic mass is 16.5. The van der Waals surface area contributed by atoms with Crippen LogP contribution in [0.25, 0.3) is 0 Å². The summed E-state index contributed by atoms with van der Waals surface area (Å²) in [6, 6.07) is 0.188. The lowest BCUT2D eigenvalue weighted by atomic mass is 9.98. The van der Waals surface area contributed by atoms with Gasteiger partial charge in [-0.1, -0.05) is 57.8 Å². The number of ether oxygens (including phenoxy) is 2. The normalized spacial score (nSPS) is 19.0. The maximum atomic E-state index is 11.9. The second-order valence-corrected chi connectivity index (χ2v) is 6.15. The molecule has 0 aliphatic heterocycles. The molecule has 0 radical (unpaired) electrons. The molecule has 22 heavy (non-hydrogen) atoms. The maximum absolute atomic E-state index is 11.9. The summed E-state index contributed by atoms with van der Waals surface area (Å²) in [7, 11) is 1.63. The fourth-order valence-electron chi connectivity index (χ4n) is 2.88. The molecule has 0 saturated heterocycles. The molecule has 0 aromatic carbocycles. The van der Waals surface area contributed by atoms with E-state index in [1.807, 2.05) is 0 Å². The largest absolute Gasteiger partial charge is 0.382 e. The Morgan fingerprint density at radius 3 is 2.00 bits per heavy atom. The van der Waals surface area contributed by atoms with Crippen LogP contribution in [0.15, 0.2) is 0 Å². The summed E-state index contributed by atoms with van der Waals surface area (Å²) >= 11 is 0. The van der Waals surface area contributed by atoms with E-state index in [-0.39, 0.29) is 12.8 Å². The second kappa shape index (κ2) is 13.8. The van der Waals surface area contributed by atoms with Crippen molar-refractivity contribution >= 4 is 6.03 Å². The Morgan fingerprint density at radius 2 is 1.45 bits per heavy atom. The van der Waals surface area contributed by atoms with E-state index >= 15 is 0 Å². The van der Waals surface area contributed by atoms with Crippen LogP contribution in [0.2, 0.25) is 0 Å². The Hall–Kier alpha value is -0.810. The lowest BCUT2D eigenvalue weighted by Gasteiger charge is -2.20. The van der Waals surface area contributed by atoms with Crippen molar-refractivity contribution < 1.29 is 14.3 Å². The van der Waals surface area contributed by atoms with Gasteiger partial charge in [0.15, 0.2) is 0 Å². The molecule has 0 heterocycles. The molecule has 1 aliphatic rings. The molecule has 0 aromatic rings. The molecule has 0 spiro atoms. The predicted molar refractivity (Wildman–Crippen MR) is 88.9 cm³/mol. The van der Waals surface area contributed by atoms with Gasteiger partial charge in [0.2, 0.25) is 0 Å². The van der Waals surface area contributed by atoms with Crippen molar-refractivity contribution in [2.24, 2.45) is 0 Å². The molecule has 0 unspecified atom stereocenters. The quantitative estimate of drug-likeness (QED) is 0.582. The molecule has 1 aliphatic carbocycles. The first-order chi connectivity index (χ1) is 10.8. The fourth-order valence-corrected chi connectivity index (χ4v) is 2.88. The van der Waals surface area contributed by atoms with Crippen LogP contribution in [0.5, 0.6) is 0 Å². The minimum absolute atomic E-state index is 0.116. The monoisotopic (exact) mass is 314 g/mol. The van der Waals surface area contributed by atoms with Crippen LogP contribution in [-0.2, 0) is 9.47 Å². The predicted octanol–water partition coefficient (Wildman–Crippen LogP) is 3.58. The molecule has 2 N–H and O–H groups in total. The lowest BCUT2D eigenvalue weighted by molar-refractivity contribution is 0.0640. The number of hydrogen-bond donors (Lipinski definition) is 2. The van der Waals surface area contributed by atoms with Crippen molar-refractivity contribution in [2.45, 2.75) is 76.7 Å². The van der Waals surface area contributed by atoms with Crippen molar-refractivity contribution in [3.8, 4) is 0 Å². The summed E-state index contributed by atoms with van der Waals surface area (Å²) < 4.78 is 10.1. The van der Waals surface area contributed by atoms with Crippen LogP contribution in [-0.4, -0.2) is 39.1 Å². The standard InChI is InChI=1S/C17H34N2O3/c1-21-13-14-22-15-18-17(20)19-16-11-9-7-5-3-2-4-6-8-10-12-16/h16H,2-15H2,1H3,(H2,18,19,20). The molecule has 5 nitrogen and oxygen atoms in total. The third-order valence-corrected chi connectivity index (χ3v) is 4.21. The van der Waals surface area contributed by atoms with Crippen LogP contribution in [0.4, 0.5) is 4.79 Å². The molecule has 1 rings (SSSR count). The van der Waals surface area contributed by atoms with Crippen molar-refractivity contribution in [3.63, 3.8) is 0 Å². The zero-order valence-electron chi connectivity index (χ0n) is 14.2. The Morgan fingerprint density at radius 1 is 0.909 bits per heavy atom. The van der Waals surface area contributed by atoms with E-state index in [2.05, 4.69) is 10.6 Å². The molecule has 130 valence electrons. The van der Waals surface area contributed by atoms with Gasteiger partial charge in [-0.2, -0.15) is 0 Å². The van der Waals surface area contributed by atoms with Crippen molar-refractivity contribution in [2.75, 3.05) is 27.1 Å². The SMILES string of the molecule is COCCOCNC(=O)NC1CCCCCCCCCCC1. The van der Waals surface area contributed by atoms with Crippen molar-refractivity contribution in [1.29, 1.82) is 0 Å². The van der Waals surface area contributed by atoms with E-state index in [9.17, 15) is 4.79 Å². The van der Waals surface area contributed by atoms with Gasteiger partial charge in [-0.3, -0.25) is 0 Å². The number of methoxy groups -OCH3 is 1. The van der Waals surface area contributed by atoms with Gasteiger partial charge >= 0.3 is 6.03 Å². The van der Waals surface area contributed by atoms with Crippen LogP contribution in [0.1, 0.15) is 70.6 Å². The molecule has 0 atom stereocenters. The van der Waals surface area contributed by atoms with Crippen LogP contribution in [0.3, 0.4) is 0 Å². The molecular weight excluding hydrogens is 280 g/mol. The first-order valence-corrected chi connectivity index (χ1v) is 8.94. The zero-order valence-corrected chi connectivity index (χ0v) is 14.2. The summed E-state index contributed by atoms with van der Waals surface area (Å²) in [6.07, 6.45) is 14.0. The van der Waals surface area contributed by atoms with Gasteiger partial charge in [0.25, 0.3) is 0 Å². The van der Waals surface area contributed by atoms with E-state index in [1.165, 1.54) is 57.8 Å². The number of rotatable bonds is 6. The fraction of sp³-hybridized carbons (Fsp3) is 0.941. The summed E-state index contributed by atoms with van der Waals surface area (Å²) in [5.41, 5.74) is 0. The smallest absolute Gasteiger partial charge is 0.316 e. The van der Waals surface area contributed by atoms with Gasteiger partial charge in [-0.25, -0.2) is 4.79 Å². The molecule has 2 amide bonds. The van der Waals surface area contributed by atoms with Crippen molar-refractivity contribution in [1.82, 2.24) is 10.6 Å². The Kier molecular flexibility index (Phi) is 12.1. The van der Waals surface area contributed by atoms with E-state index in [1.54, 1.807) is 7.11 Å². The van der Waals surface area contributed by atoms with Crippen molar-refractivity contribution in [3.05, 3.63) is 0 Å². The maximum Gasteiger partial charge on any atom is 0.316 e. The van der Waals surface area contributed by atoms with Gasteiger partial charge in [0.1, 0.15) is 6.73 Å². The number of nitrogens with one attached hydrogen (secondary N) is 2. The van der Waals surface area contributed by atoms with Gasteiger partial charge in [-0.05, 0) is 12.8 Å². The second-order valence-electron chi connectivity index (χ2n) is 6.15. The Labute approximate surface area is 135 Å². The Balaban J connectivity index is 2.18. The van der Waals surface area contributed by atoms with E-state index in [0.29, 0.717) is 19.3 Å². The lowest BCUT2D eigenvalue weighted by Crippen LogP contribution is -2.43. The molecule has 5 heteroatoms. The summed E-state index contributed by atoms with van der Waals surface area (Å²) in [4.78, 5) is 11.9. The molecule has 1 fully saturated rings. The van der Waals surface area contributed by atoms with Gasteiger partial charge in [0, 0.05) is 13.2 Å². The molecule has 1 saturated carbocycles. The van der Waals surface area contributed by atoms with Gasteiger partial charge < -0.3 is 20.1 Å². The number of hydrogen-bond acceptors (Lipinski definition) is 3. The molecule has 0 aromatic heterocycles. The highest BCUT2D eigenvalue weighted by Crippen LogP contribution is 2.16. The van der Waals surface area contributed by atoms with E-state index in [0.717, 1.165) is 12.8 Å². The number of amides is 2. The number of carbonyl (C=O) groups is 1. The van der Waals surface area contributed by atoms with E-state index < -0.39 is 0 Å². The number of carbonyl (C=O) groups excluding carboxylic acids is 1. The third-order valence-electron chi connectivity index (χ3n) is 4.21. The van der Waals surface area contributed by atoms with E-state index in [4.69, 9.17) is 9.47 Å². The summed E-state index contributed by atoms with van der Waals surface area (Å²) in [6.45, 7) is 1.29. The highest BCUT2D eigenvalue weighted by Gasteiger charge is 2.12. The topological polar surface area (TPSA) is 59.6 Å². The molecular formula is C17H34N2O3. The van der Waals surface area contributed by atoms with Crippen LogP contribution < -0.4 is 10.6 Å². The minimum Gasteiger partial charge on any atom is -0.382 e. The highest BCUT2D eigenvalue weighted by molar-refractivity contribution is 5.73. The average molecular weight is 314 g/mol.